The molecule has 0 amide bonds. The van der Waals surface area contributed by atoms with Crippen LogP contribution in [-0.4, -0.2) is 11.9 Å². The maximum absolute atomic E-state index is 4.01. The highest BCUT2D eigenvalue weighted by atomic mass is 15.2. The van der Waals surface area contributed by atoms with Crippen LogP contribution in [-0.2, 0) is 0 Å². The van der Waals surface area contributed by atoms with Crippen molar-refractivity contribution in [2.75, 3.05) is 0 Å². The second-order valence-electron chi connectivity index (χ2n) is 3.91. The van der Waals surface area contributed by atoms with Gasteiger partial charge in [-0.05, 0) is 11.8 Å². The summed E-state index contributed by atoms with van der Waals surface area (Å²) in [7, 11) is 0. The molecule has 0 unspecified atom stereocenters. The van der Waals surface area contributed by atoms with Crippen LogP contribution in [0.2, 0.25) is 0 Å². The first-order valence-corrected chi connectivity index (χ1v) is 3.65. The van der Waals surface area contributed by atoms with E-state index in [9.17, 15) is 0 Å². The fourth-order valence-corrected chi connectivity index (χ4v) is 1.03. The molecule has 0 fully saturated rings. The van der Waals surface area contributed by atoms with E-state index in [0.717, 1.165) is 12.8 Å². The molecule has 0 aromatic heterocycles. The first kappa shape index (κ1) is 7.45. The van der Waals surface area contributed by atoms with Crippen LogP contribution in [0.3, 0.4) is 0 Å². The second kappa shape index (κ2) is 2.52. The first-order chi connectivity index (χ1) is 4.58. The third kappa shape index (κ3) is 2.29. The summed E-state index contributed by atoms with van der Waals surface area (Å²) >= 11 is 0. The summed E-state index contributed by atoms with van der Waals surface area (Å²) in [5.74, 6) is 0. The van der Waals surface area contributed by atoms with E-state index < -0.39 is 0 Å². The van der Waals surface area contributed by atoms with Gasteiger partial charge in [-0.1, -0.05) is 20.8 Å². The predicted molar refractivity (Wildman–Crippen MR) is 44.6 cm³/mol. The van der Waals surface area contributed by atoms with E-state index in [0.29, 0.717) is 5.41 Å². The van der Waals surface area contributed by atoms with Crippen molar-refractivity contribution >= 4 is 11.9 Å². The van der Waals surface area contributed by atoms with Crippen LogP contribution >= 0.6 is 0 Å². The molecule has 0 saturated carbocycles. The average molecular weight is 138 g/mol. The molecule has 2 heteroatoms. The van der Waals surface area contributed by atoms with Gasteiger partial charge in [0.1, 0.15) is 0 Å². The highest BCUT2D eigenvalue weighted by molar-refractivity contribution is 5.98. The fraction of sp³-hybridized carbons (Fsp3) is 0.750. The van der Waals surface area contributed by atoms with E-state index >= 15 is 0 Å². The molecule has 1 aliphatic rings. The fourth-order valence-electron chi connectivity index (χ4n) is 1.03. The first-order valence-electron chi connectivity index (χ1n) is 3.65. The summed E-state index contributed by atoms with van der Waals surface area (Å²) in [6.07, 6.45) is 3.88. The zero-order valence-electron chi connectivity index (χ0n) is 6.89. The third-order valence-corrected chi connectivity index (χ3v) is 1.34. The molecule has 1 heterocycles. The van der Waals surface area contributed by atoms with E-state index in [1.54, 1.807) is 0 Å². The van der Waals surface area contributed by atoms with Crippen molar-refractivity contribution in [1.29, 1.82) is 0 Å². The number of nitrogens with zero attached hydrogens (tertiary/aromatic N) is 2. The molecule has 0 saturated heterocycles. The molecule has 0 N–H and O–H groups in total. The Bertz CT molecular complexity index is 172. The van der Waals surface area contributed by atoms with Gasteiger partial charge in [0.2, 0.25) is 0 Å². The minimum absolute atomic E-state index is 0.354. The molecule has 0 aromatic rings. The molecular weight excluding hydrogens is 124 g/mol. The average Bonchev–Trinajstić information content (AvgIpc) is 2.12. The Morgan fingerprint density at radius 3 is 2.60 bits per heavy atom. The second-order valence-corrected chi connectivity index (χ2v) is 3.91. The molecule has 56 valence electrons. The molecule has 1 aliphatic heterocycles. The summed E-state index contributed by atoms with van der Waals surface area (Å²) in [6.45, 7) is 6.65. The highest BCUT2D eigenvalue weighted by Gasteiger charge is 2.14. The van der Waals surface area contributed by atoms with Gasteiger partial charge in [0, 0.05) is 18.3 Å². The topological polar surface area (TPSA) is 24.7 Å². The van der Waals surface area contributed by atoms with Crippen molar-refractivity contribution in [3.63, 3.8) is 0 Å². The molecule has 1 rings (SSSR count). The predicted octanol–water partition coefficient (Wildman–Crippen LogP) is 2.25. The van der Waals surface area contributed by atoms with Crippen molar-refractivity contribution in [1.82, 2.24) is 0 Å². The van der Waals surface area contributed by atoms with Crippen molar-refractivity contribution in [2.24, 2.45) is 15.6 Å². The quantitative estimate of drug-likeness (QED) is 0.531. The normalized spacial score (nSPS) is 17.7. The summed E-state index contributed by atoms with van der Waals surface area (Å²) < 4.78 is 0. The van der Waals surface area contributed by atoms with Gasteiger partial charge in [-0.25, -0.2) is 0 Å². The molecule has 10 heavy (non-hydrogen) atoms. The summed E-state index contributed by atoms with van der Waals surface area (Å²) in [6, 6.07) is 0. The Kier molecular flexibility index (Phi) is 1.88. The summed E-state index contributed by atoms with van der Waals surface area (Å²) in [4.78, 5) is 0. The van der Waals surface area contributed by atoms with Crippen LogP contribution in [0.25, 0.3) is 0 Å². The van der Waals surface area contributed by atoms with Crippen molar-refractivity contribution < 1.29 is 0 Å². The Morgan fingerprint density at radius 2 is 2.20 bits per heavy atom. The lowest BCUT2D eigenvalue weighted by Crippen LogP contribution is -2.11. The van der Waals surface area contributed by atoms with Gasteiger partial charge in [0.15, 0.2) is 0 Å². The van der Waals surface area contributed by atoms with Crippen molar-refractivity contribution in [3.05, 3.63) is 0 Å². The maximum atomic E-state index is 4.01. The van der Waals surface area contributed by atoms with Crippen LogP contribution in [0.5, 0.6) is 0 Å². The zero-order valence-corrected chi connectivity index (χ0v) is 6.89. The van der Waals surface area contributed by atoms with E-state index in [1.807, 2.05) is 6.21 Å². The molecule has 2 nitrogen and oxygen atoms in total. The van der Waals surface area contributed by atoms with Crippen LogP contribution in [0.1, 0.15) is 33.6 Å². The number of rotatable bonds is 1. The number of hydrogen-bond acceptors (Lipinski definition) is 2. The minimum Gasteiger partial charge on any atom is -0.163 e. The highest BCUT2D eigenvalue weighted by Crippen LogP contribution is 2.21. The SMILES string of the molecule is CC(C)(C)CC1=NN=CC1. The van der Waals surface area contributed by atoms with Crippen LogP contribution < -0.4 is 0 Å². The third-order valence-electron chi connectivity index (χ3n) is 1.34. The monoisotopic (exact) mass is 138 g/mol. The lowest BCUT2D eigenvalue weighted by molar-refractivity contribution is 0.432. The Hall–Kier alpha value is -0.660. The van der Waals surface area contributed by atoms with Crippen molar-refractivity contribution in [2.45, 2.75) is 33.6 Å². The van der Waals surface area contributed by atoms with Gasteiger partial charge < -0.3 is 0 Å². The summed E-state index contributed by atoms with van der Waals surface area (Å²) in [5.41, 5.74) is 1.57. The van der Waals surface area contributed by atoms with Gasteiger partial charge in [-0.3, -0.25) is 0 Å². The van der Waals surface area contributed by atoms with Gasteiger partial charge >= 0.3 is 0 Å². The van der Waals surface area contributed by atoms with E-state index in [1.165, 1.54) is 5.71 Å². The lowest BCUT2D eigenvalue weighted by atomic mass is 9.89. The Morgan fingerprint density at radius 1 is 1.50 bits per heavy atom. The molecule has 0 bridgehead atoms. The Labute approximate surface area is 62.0 Å². The minimum atomic E-state index is 0.354. The van der Waals surface area contributed by atoms with E-state index in [4.69, 9.17) is 0 Å². The van der Waals surface area contributed by atoms with Crippen LogP contribution in [0, 0.1) is 5.41 Å². The van der Waals surface area contributed by atoms with Gasteiger partial charge in [0.25, 0.3) is 0 Å². The molecular formula is C8H14N2. The van der Waals surface area contributed by atoms with Gasteiger partial charge in [-0.2, -0.15) is 10.2 Å². The largest absolute Gasteiger partial charge is 0.163 e. The summed E-state index contributed by atoms with van der Waals surface area (Å²) in [5, 5.41) is 7.82. The molecule has 0 radical (unpaired) electrons. The molecule has 0 aliphatic carbocycles. The van der Waals surface area contributed by atoms with Crippen LogP contribution in [0.4, 0.5) is 0 Å². The number of hydrogen-bond donors (Lipinski definition) is 0. The maximum Gasteiger partial charge on any atom is 0.0464 e. The van der Waals surface area contributed by atoms with Crippen molar-refractivity contribution in [3.8, 4) is 0 Å². The Balaban J connectivity index is 2.41. The zero-order chi connectivity index (χ0) is 7.61. The molecule has 0 spiro atoms. The van der Waals surface area contributed by atoms with Gasteiger partial charge in [0.05, 0.1) is 0 Å². The smallest absolute Gasteiger partial charge is 0.0464 e. The molecule has 0 aromatic carbocycles. The van der Waals surface area contributed by atoms with Gasteiger partial charge in [-0.15, -0.1) is 0 Å². The van der Waals surface area contributed by atoms with E-state index in [-0.39, 0.29) is 0 Å². The lowest BCUT2D eigenvalue weighted by Gasteiger charge is -2.16. The standard InChI is InChI=1S/C8H14N2/c1-8(2,3)6-7-4-5-9-10-7/h5H,4,6H2,1-3H3. The van der Waals surface area contributed by atoms with E-state index in [2.05, 4.69) is 31.0 Å². The molecule has 0 atom stereocenters. The van der Waals surface area contributed by atoms with Crippen LogP contribution in [0.15, 0.2) is 10.2 Å².